The van der Waals surface area contributed by atoms with Gasteiger partial charge >= 0.3 is 0 Å². The smallest absolute Gasteiger partial charge is 0.164 e. The van der Waals surface area contributed by atoms with Crippen LogP contribution in [0.4, 0.5) is 0 Å². The number of nitrogens with zero attached hydrogens (tertiary/aromatic N) is 4. The first-order valence-electron chi connectivity index (χ1n) is 22.7. The monoisotopic (exact) mass is 835 g/mol. The van der Waals surface area contributed by atoms with Crippen LogP contribution in [0.15, 0.2) is 48.7 Å². The molecule has 1 aromatic heterocycles. The summed E-state index contributed by atoms with van der Waals surface area (Å²) >= 11 is 0. The molecule has 0 saturated carbocycles. The standard InChI is InChI=1S/C47H70N4O9/c1-30(2)18-23-53-40-36-16-21-50(20-15-32-13-14-33-11-9-10-12-34(33)25-32)22-17-37-41(54-24-19-31(3)4)45-43(58-47(7,8)60-45)39(56-37)29-52-28-35-26-51(49-48-35)27-38(55-36)42-44(40)59-46(5,6)57-42/h9-14,25-26,30-31,36-45H,15-24,27-29H2,1-8H3/t36-,37-,38-,39-,40+,41+,42+,43+,44-,45-/m1/s1. The zero-order valence-electron chi connectivity index (χ0n) is 37.2. The first kappa shape index (κ1) is 44.1. The van der Waals surface area contributed by atoms with Crippen molar-refractivity contribution in [2.24, 2.45) is 11.8 Å². The molecule has 13 heteroatoms. The first-order valence-corrected chi connectivity index (χ1v) is 22.7. The van der Waals surface area contributed by atoms with Crippen molar-refractivity contribution >= 4 is 10.8 Å². The molecule has 4 saturated heterocycles. The molecule has 0 spiro atoms. The first-order chi connectivity index (χ1) is 28.8. The zero-order valence-corrected chi connectivity index (χ0v) is 37.2. The van der Waals surface area contributed by atoms with Crippen LogP contribution in [-0.4, -0.2) is 132 Å². The summed E-state index contributed by atoms with van der Waals surface area (Å²) in [5, 5.41) is 11.5. The lowest BCUT2D eigenvalue weighted by Gasteiger charge is -2.44. The SMILES string of the molecule is CC(C)CCO[C@@H]1[C@H]2OC(C)(C)O[C@H]2[C@H]2COCc3cn(nn3)C[C@H]3O[C@H](CCN(CCc4ccc5ccccc5c4)CC[C@H]1O2)[C@H](OCCC(C)C)[C@H]1OC(C)(C)O[C@H]13. The fourth-order valence-corrected chi connectivity index (χ4v) is 9.52. The van der Waals surface area contributed by atoms with E-state index in [0.29, 0.717) is 38.2 Å². The second-order valence-electron chi connectivity index (χ2n) is 19.4. The van der Waals surface area contributed by atoms with Gasteiger partial charge in [-0.2, -0.15) is 0 Å². The quantitative estimate of drug-likeness (QED) is 0.204. The van der Waals surface area contributed by atoms with Gasteiger partial charge < -0.3 is 47.5 Å². The number of rotatable bonds is 11. The molecule has 5 aliphatic heterocycles. The second-order valence-corrected chi connectivity index (χ2v) is 19.4. The van der Waals surface area contributed by atoms with Crippen LogP contribution in [0.5, 0.6) is 0 Å². The van der Waals surface area contributed by atoms with Gasteiger partial charge in [0.15, 0.2) is 11.6 Å². The Morgan fingerprint density at radius 2 is 1.30 bits per heavy atom. The van der Waals surface area contributed by atoms with Gasteiger partial charge in [0.25, 0.3) is 0 Å². The van der Waals surface area contributed by atoms with Gasteiger partial charge in [-0.3, -0.25) is 0 Å². The molecule has 13 nitrogen and oxygen atoms in total. The van der Waals surface area contributed by atoms with Gasteiger partial charge in [-0.1, -0.05) is 75.4 Å². The van der Waals surface area contributed by atoms with Gasteiger partial charge in [0.1, 0.15) is 54.5 Å². The maximum absolute atomic E-state index is 7.10. The Bertz CT molecular complexity index is 1840. The highest BCUT2D eigenvalue weighted by molar-refractivity contribution is 5.83. The molecule has 6 bridgehead atoms. The van der Waals surface area contributed by atoms with Crippen LogP contribution < -0.4 is 0 Å². The summed E-state index contributed by atoms with van der Waals surface area (Å²) < 4.78 is 62.3. The van der Waals surface area contributed by atoms with Crippen LogP contribution in [0.25, 0.3) is 10.8 Å². The second kappa shape index (κ2) is 19.0. The summed E-state index contributed by atoms with van der Waals surface area (Å²) in [6, 6.07) is 15.4. The van der Waals surface area contributed by atoms with Gasteiger partial charge in [0.2, 0.25) is 0 Å². The fourth-order valence-electron chi connectivity index (χ4n) is 9.52. The maximum atomic E-state index is 7.10. The van der Waals surface area contributed by atoms with Gasteiger partial charge in [-0.15, -0.1) is 5.10 Å². The third-order valence-corrected chi connectivity index (χ3v) is 12.6. The average molecular weight is 835 g/mol. The molecule has 0 amide bonds. The molecule has 10 atom stereocenters. The molecular weight excluding hydrogens is 765 g/mol. The Kier molecular flexibility index (Phi) is 14.0. The number of aromatic nitrogens is 3. The normalized spacial score (nSPS) is 33.4. The van der Waals surface area contributed by atoms with Crippen LogP contribution in [-0.2, 0) is 62.2 Å². The number of benzene rings is 2. The van der Waals surface area contributed by atoms with E-state index in [1.807, 2.05) is 38.6 Å². The largest absolute Gasteiger partial charge is 0.373 e. The topological polar surface area (TPSA) is 117 Å². The van der Waals surface area contributed by atoms with Crippen LogP contribution in [0.3, 0.4) is 0 Å². The van der Waals surface area contributed by atoms with E-state index in [-0.39, 0.29) is 67.6 Å². The highest BCUT2D eigenvalue weighted by Crippen LogP contribution is 2.42. The number of fused-ring (bicyclic) bond motifs is 11. The Morgan fingerprint density at radius 1 is 0.717 bits per heavy atom. The predicted molar refractivity (Wildman–Crippen MR) is 226 cm³/mol. The maximum Gasteiger partial charge on any atom is 0.164 e. The van der Waals surface area contributed by atoms with Crippen molar-refractivity contribution < 1.29 is 42.6 Å². The molecule has 0 aliphatic carbocycles. The van der Waals surface area contributed by atoms with E-state index in [2.05, 4.69) is 85.4 Å². The third kappa shape index (κ3) is 10.8. The average Bonchev–Trinajstić information content (AvgIpc) is 3.89. The molecule has 4 fully saturated rings. The van der Waals surface area contributed by atoms with Crippen LogP contribution in [0.2, 0.25) is 0 Å². The van der Waals surface area contributed by atoms with Gasteiger partial charge in [0.05, 0.1) is 38.2 Å². The van der Waals surface area contributed by atoms with Gasteiger partial charge in [0, 0.05) is 32.8 Å². The van der Waals surface area contributed by atoms with E-state index in [1.54, 1.807) is 0 Å². The minimum atomic E-state index is -0.777. The third-order valence-electron chi connectivity index (χ3n) is 12.6. The summed E-state index contributed by atoms with van der Waals surface area (Å²) in [4.78, 5) is 2.57. The van der Waals surface area contributed by atoms with Crippen molar-refractivity contribution in [2.45, 2.75) is 173 Å². The van der Waals surface area contributed by atoms with E-state index in [0.717, 1.165) is 57.4 Å². The Balaban J connectivity index is 1.10. The molecule has 0 unspecified atom stereocenters. The summed E-state index contributed by atoms with van der Waals surface area (Å²) in [6.07, 6.45) is 3.29. The van der Waals surface area contributed by atoms with Crippen molar-refractivity contribution in [1.29, 1.82) is 0 Å². The number of ether oxygens (including phenoxy) is 9. The summed E-state index contributed by atoms with van der Waals surface area (Å²) in [5.74, 6) is -0.527. The van der Waals surface area contributed by atoms with Gasteiger partial charge in [-0.25, -0.2) is 4.68 Å². The molecule has 60 heavy (non-hydrogen) atoms. The molecule has 6 heterocycles. The lowest BCUT2D eigenvalue weighted by Crippen LogP contribution is -2.59. The lowest BCUT2D eigenvalue weighted by molar-refractivity contribution is -0.218. The van der Waals surface area contributed by atoms with E-state index in [9.17, 15) is 0 Å². The van der Waals surface area contributed by atoms with Crippen LogP contribution in [0.1, 0.15) is 92.3 Å². The molecule has 0 radical (unpaired) electrons. The molecule has 2 aromatic carbocycles. The summed E-state index contributed by atoms with van der Waals surface area (Å²) in [5.41, 5.74) is 2.04. The fraction of sp³-hybridized carbons (Fsp3) is 0.745. The lowest BCUT2D eigenvalue weighted by atomic mass is 9.92. The minimum absolute atomic E-state index is 0.233. The predicted octanol–water partition coefficient (Wildman–Crippen LogP) is 6.72. The van der Waals surface area contributed by atoms with Crippen molar-refractivity contribution in [3.05, 3.63) is 59.9 Å². The zero-order chi connectivity index (χ0) is 42.0. The van der Waals surface area contributed by atoms with E-state index in [4.69, 9.17) is 42.6 Å². The Morgan fingerprint density at radius 3 is 1.93 bits per heavy atom. The number of hydrogen-bond donors (Lipinski definition) is 0. The molecule has 0 N–H and O–H groups in total. The van der Waals surface area contributed by atoms with Crippen molar-refractivity contribution in [1.82, 2.24) is 19.9 Å². The van der Waals surface area contributed by atoms with E-state index in [1.165, 1.54) is 16.3 Å². The molecule has 8 rings (SSSR count). The van der Waals surface area contributed by atoms with E-state index < -0.39 is 11.6 Å². The molecule has 332 valence electrons. The van der Waals surface area contributed by atoms with Crippen LogP contribution in [0, 0.1) is 11.8 Å². The summed E-state index contributed by atoms with van der Waals surface area (Å²) in [7, 11) is 0. The van der Waals surface area contributed by atoms with Gasteiger partial charge in [-0.05, 0) is 88.0 Å². The van der Waals surface area contributed by atoms with Crippen molar-refractivity contribution in [3.8, 4) is 0 Å². The highest BCUT2D eigenvalue weighted by Gasteiger charge is 2.57. The Labute approximate surface area is 356 Å². The van der Waals surface area contributed by atoms with E-state index >= 15 is 0 Å². The number of hydrogen-bond acceptors (Lipinski definition) is 12. The van der Waals surface area contributed by atoms with Crippen molar-refractivity contribution in [3.63, 3.8) is 0 Å². The minimum Gasteiger partial charge on any atom is -0.373 e. The molecule has 5 aliphatic rings. The Hall–Kier alpha value is -2.56. The molecule has 3 aromatic rings. The summed E-state index contributed by atoms with van der Waals surface area (Å²) in [6.45, 7) is 21.6. The molecular formula is C47H70N4O9. The van der Waals surface area contributed by atoms with Crippen LogP contribution >= 0.6 is 0 Å². The highest BCUT2D eigenvalue weighted by atomic mass is 16.8. The van der Waals surface area contributed by atoms with Crippen molar-refractivity contribution in [2.75, 3.05) is 39.5 Å².